The average Bonchev–Trinajstić information content (AvgIpc) is 2.79. The van der Waals surface area contributed by atoms with Crippen molar-refractivity contribution in [3.63, 3.8) is 0 Å². The minimum atomic E-state index is -3.85. The third-order valence-corrected chi connectivity index (χ3v) is 6.53. The van der Waals surface area contributed by atoms with Gasteiger partial charge in [0.1, 0.15) is 11.5 Å². The highest BCUT2D eigenvalue weighted by Gasteiger charge is 2.22. The maximum atomic E-state index is 13.2. The summed E-state index contributed by atoms with van der Waals surface area (Å²) in [5.74, 6) is 0.472. The molecule has 3 aromatic carbocycles. The number of nitrogens with one attached hydrogen (secondary N) is 2. The molecule has 0 spiro atoms. The van der Waals surface area contributed by atoms with E-state index in [4.69, 9.17) is 21.1 Å². The van der Waals surface area contributed by atoms with Gasteiger partial charge in [-0.05, 0) is 49.4 Å². The van der Waals surface area contributed by atoms with Crippen LogP contribution in [-0.2, 0) is 14.6 Å². The van der Waals surface area contributed by atoms with Crippen LogP contribution >= 0.6 is 11.6 Å². The number of methoxy groups -OCH3 is 1. The molecule has 0 heterocycles. The number of rotatable bonds is 9. The second-order valence-electron chi connectivity index (χ2n) is 6.65. The first kappa shape index (κ1) is 23.4. The van der Waals surface area contributed by atoms with E-state index in [-0.39, 0.29) is 22.0 Å². The molecule has 32 heavy (non-hydrogen) atoms. The van der Waals surface area contributed by atoms with Crippen LogP contribution < -0.4 is 20.1 Å². The summed E-state index contributed by atoms with van der Waals surface area (Å²) < 4.78 is 37.2. The van der Waals surface area contributed by atoms with E-state index in [9.17, 15) is 13.2 Å². The van der Waals surface area contributed by atoms with E-state index in [0.717, 1.165) is 0 Å². The lowest BCUT2D eigenvalue weighted by Gasteiger charge is -2.15. The monoisotopic (exact) mass is 474 g/mol. The Morgan fingerprint density at radius 2 is 1.75 bits per heavy atom. The molecular weight excluding hydrogens is 452 g/mol. The van der Waals surface area contributed by atoms with Crippen LogP contribution in [0.25, 0.3) is 0 Å². The van der Waals surface area contributed by atoms with Gasteiger partial charge in [-0.15, -0.1) is 0 Å². The van der Waals surface area contributed by atoms with Crippen LogP contribution in [0.15, 0.2) is 76.5 Å². The van der Waals surface area contributed by atoms with Crippen LogP contribution in [0.5, 0.6) is 11.5 Å². The normalized spacial score (nSPS) is 11.0. The fraction of sp³-hybridized carbons (Fsp3) is 0.174. The van der Waals surface area contributed by atoms with Crippen molar-refractivity contribution in [2.45, 2.75) is 16.7 Å². The van der Waals surface area contributed by atoms with Gasteiger partial charge in [-0.25, -0.2) is 8.42 Å². The SMILES string of the molecule is CCOc1ccc(NCC(=O)Nc2cc(Cl)ccc2OC)c(S(=O)(=O)c2ccccc2)c1. The fourth-order valence-electron chi connectivity index (χ4n) is 3.00. The Morgan fingerprint density at radius 3 is 2.44 bits per heavy atom. The zero-order valence-electron chi connectivity index (χ0n) is 17.6. The molecule has 168 valence electrons. The minimum absolute atomic E-state index is 0.0165. The van der Waals surface area contributed by atoms with Crippen molar-refractivity contribution in [2.75, 3.05) is 30.9 Å². The number of ether oxygens (including phenoxy) is 2. The quantitative estimate of drug-likeness (QED) is 0.469. The van der Waals surface area contributed by atoms with Gasteiger partial charge in [0.05, 0.1) is 41.4 Å². The van der Waals surface area contributed by atoms with Crippen molar-refractivity contribution in [3.05, 3.63) is 71.8 Å². The lowest BCUT2D eigenvalue weighted by molar-refractivity contribution is -0.114. The minimum Gasteiger partial charge on any atom is -0.495 e. The number of hydrogen-bond donors (Lipinski definition) is 2. The highest BCUT2D eigenvalue weighted by atomic mass is 35.5. The average molecular weight is 475 g/mol. The summed E-state index contributed by atoms with van der Waals surface area (Å²) in [7, 11) is -2.36. The fourth-order valence-corrected chi connectivity index (χ4v) is 4.64. The number of hydrogen-bond acceptors (Lipinski definition) is 6. The van der Waals surface area contributed by atoms with Crippen LogP contribution in [0.3, 0.4) is 0 Å². The van der Waals surface area contributed by atoms with E-state index >= 15 is 0 Å². The molecule has 3 rings (SSSR count). The molecular formula is C23H23ClN2O5S. The Kier molecular flexibility index (Phi) is 7.61. The zero-order valence-corrected chi connectivity index (χ0v) is 19.2. The predicted molar refractivity (Wildman–Crippen MR) is 125 cm³/mol. The van der Waals surface area contributed by atoms with Crippen LogP contribution in [0.2, 0.25) is 5.02 Å². The molecule has 0 unspecified atom stereocenters. The molecule has 0 fully saturated rings. The van der Waals surface area contributed by atoms with E-state index in [1.165, 1.54) is 25.3 Å². The van der Waals surface area contributed by atoms with Crippen molar-refractivity contribution >= 4 is 38.7 Å². The number of amides is 1. The van der Waals surface area contributed by atoms with Gasteiger partial charge in [0.25, 0.3) is 0 Å². The highest BCUT2D eigenvalue weighted by Crippen LogP contribution is 2.32. The molecule has 0 atom stereocenters. The molecule has 0 aliphatic heterocycles. The van der Waals surface area contributed by atoms with Crippen molar-refractivity contribution in [2.24, 2.45) is 0 Å². The smallest absolute Gasteiger partial charge is 0.243 e. The van der Waals surface area contributed by atoms with Gasteiger partial charge in [0, 0.05) is 11.1 Å². The number of sulfone groups is 1. The molecule has 0 radical (unpaired) electrons. The van der Waals surface area contributed by atoms with Crippen LogP contribution in [0.1, 0.15) is 6.92 Å². The molecule has 0 saturated heterocycles. The molecule has 0 bridgehead atoms. The summed E-state index contributed by atoms with van der Waals surface area (Å²) in [4.78, 5) is 12.7. The first-order valence-corrected chi connectivity index (χ1v) is 11.7. The Labute approximate surface area is 192 Å². The molecule has 1 amide bonds. The summed E-state index contributed by atoms with van der Waals surface area (Å²) in [6.07, 6.45) is 0. The Bertz CT molecular complexity index is 1200. The Hall–Kier alpha value is -3.23. The number of halogens is 1. The van der Waals surface area contributed by atoms with Gasteiger partial charge in [0.15, 0.2) is 0 Å². The number of benzene rings is 3. The summed E-state index contributed by atoms with van der Waals surface area (Å²) >= 11 is 6.00. The Balaban J connectivity index is 1.85. The maximum Gasteiger partial charge on any atom is 0.243 e. The molecule has 3 aromatic rings. The van der Waals surface area contributed by atoms with Gasteiger partial charge < -0.3 is 20.1 Å². The van der Waals surface area contributed by atoms with Crippen molar-refractivity contribution in [3.8, 4) is 11.5 Å². The largest absolute Gasteiger partial charge is 0.495 e. The molecule has 0 saturated carbocycles. The topological polar surface area (TPSA) is 93.7 Å². The van der Waals surface area contributed by atoms with E-state index in [1.807, 2.05) is 6.92 Å². The first-order valence-electron chi connectivity index (χ1n) is 9.79. The second kappa shape index (κ2) is 10.4. The molecule has 0 aromatic heterocycles. The Morgan fingerprint density at radius 1 is 1.00 bits per heavy atom. The van der Waals surface area contributed by atoms with Crippen molar-refractivity contribution < 1.29 is 22.7 Å². The van der Waals surface area contributed by atoms with Gasteiger partial charge >= 0.3 is 0 Å². The molecule has 0 aliphatic rings. The predicted octanol–water partition coefficient (Wildman–Crippen LogP) is 4.63. The van der Waals surface area contributed by atoms with Crippen molar-refractivity contribution in [1.29, 1.82) is 0 Å². The maximum absolute atomic E-state index is 13.2. The number of anilines is 2. The lowest BCUT2D eigenvalue weighted by Crippen LogP contribution is -2.23. The zero-order chi connectivity index (χ0) is 23.1. The van der Waals surface area contributed by atoms with E-state index in [0.29, 0.717) is 28.8 Å². The van der Waals surface area contributed by atoms with Crippen LogP contribution in [0.4, 0.5) is 11.4 Å². The van der Waals surface area contributed by atoms with Gasteiger partial charge in [-0.1, -0.05) is 29.8 Å². The first-order chi connectivity index (χ1) is 15.3. The summed E-state index contributed by atoms with van der Waals surface area (Å²) in [6.45, 7) is 2.02. The van der Waals surface area contributed by atoms with E-state index < -0.39 is 15.7 Å². The molecule has 0 aliphatic carbocycles. The number of carbonyl (C=O) groups is 1. The number of carbonyl (C=O) groups excluding carboxylic acids is 1. The summed E-state index contributed by atoms with van der Waals surface area (Å²) in [5.41, 5.74) is 0.695. The summed E-state index contributed by atoms with van der Waals surface area (Å²) in [5, 5.41) is 6.06. The molecule has 2 N–H and O–H groups in total. The van der Waals surface area contributed by atoms with Crippen molar-refractivity contribution in [1.82, 2.24) is 0 Å². The van der Waals surface area contributed by atoms with Crippen LogP contribution in [0, 0.1) is 0 Å². The van der Waals surface area contributed by atoms with Gasteiger partial charge in [-0.3, -0.25) is 4.79 Å². The lowest BCUT2D eigenvalue weighted by atomic mass is 10.2. The van der Waals surface area contributed by atoms with E-state index in [2.05, 4.69) is 10.6 Å². The third kappa shape index (κ3) is 5.52. The molecule has 9 heteroatoms. The third-order valence-electron chi connectivity index (χ3n) is 4.48. The highest BCUT2D eigenvalue weighted by molar-refractivity contribution is 7.91. The van der Waals surface area contributed by atoms with E-state index in [1.54, 1.807) is 48.5 Å². The van der Waals surface area contributed by atoms with Gasteiger partial charge in [-0.2, -0.15) is 0 Å². The standard InChI is InChI=1S/C23H23ClN2O5S/c1-3-31-17-10-11-19(22(14-17)32(28,29)18-7-5-4-6-8-18)25-15-23(27)26-20-13-16(24)9-12-21(20)30-2/h4-14,25H,3,15H2,1-2H3,(H,26,27). The van der Waals surface area contributed by atoms with Crippen LogP contribution in [-0.4, -0.2) is 34.6 Å². The summed E-state index contributed by atoms with van der Waals surface area (Å²) in [6, 6.07) is 17.6. The second-order valence-corrected chi connectivity index (χ2v) is 9.01. The van der Waals surface area contributed by atoms with Gasteiger partial charge in [0.2, 0.25) is 15.7 Å². The molecule has 7 nitrogen and oxygen atoms in total.